The third-order valence-corrected chi connectivity index (χ3v) is 4.55. The second-order valence-electron chi connectivity index (χ2n) is 5.62. The second kappa shape index (κ2) is 4.71. The van der Waals surface area contributed by atoms with Crippen molar-refractivity contribution in [1.29, 1.82) is 0 Å². The van der Waals surface area contributed by atoms with E-state index < -0.39 is 0 Å². The van der Waals surface area contributed by atoms with E-state index in [0.29, 0.717) is 22.2 Å². The van der Waals surface area contributed by atoms with Gasteiger partial charge in [-0.1, -0.05) is 11.6 Å². The zero-order chi connectivity index (χ0) is 12.6. The van der Waals surface area contributed by atoms with Crippen molar-refractivity contribution in [1.82, 2.24) is 5.32 Å². The highest BCUT2D eigenvalue weighted by atomic mass is 35.5. The van der Waals surface area contributed by atoms with E-state index in [-0.39, 0.29) is 5.82 Å². The Hall–Kier alpha value is -0.800. The number of rotatable bonds is 2. The molecule has 0 unspecified atom stereocenters. The van der Waals surface area contributed by atoms with Crippen LogP contribution in [0.4, 0.5) is 10.1 Å². The van der Waals surface area contributed by atoms with Gasteiger partial charge in [0.15, 0.2) is 0 Å². The molecular formula is C14H18ClFN2. The van der Waals surface area contributed by atoms with Crippen LogP contribution >= 0.6 is 11.6 Å². The van der Waals surface area contributed by atoms with Gasteiger partial charge in [-0.3, -0.25) is 0 Å². The highest BCUT2D eigenvalue weighted by molar-refractivity contribution is 6.30. The van der Waals surface area contributed by atoms with Gasteiger partial charge in [0.1, 0.15) is 5.82 Å². The largest absolute Gasteiger partial charge is 0.380 e. The molecule has 0 bridgehead atoms. The third kappa shape index (κ3) is 2.34. The van der Waals surface area contributed by atoms with E-state index in [4.69, 9.17) is 11.6 Å². The summed E-state index contributed by atoms with van der Waals surface area (Å²) in [7, 11) is 0. The highest BCUT2D eigenvalue weighted by Crippen LogP contribution is 2.48. The molecule has 1 aromatic carbocycles. The molecular weight excluding hydrogens is 251 g/mol. The lowest BCUT2D eigenvalue weighted by atomic mass is 9.60. The molecule has 1 saturated carbocycles. The highest BCUT2D eigenvalue weighted by Gasteiger charge is 2.44. The van der Waals surface area contributed by atoms with Crippen LogP contribution in [0, 0.1) is 11.2 Å². The van der Waals surface area contributed by atoms with Crippen molar-refractivity contribution in [2.75, 3.05) is 18.4 Å². The summed E-state index contributed by atoms with van der Waals surface area (Å²) in [6.07, 6.45) is 4.81. The number of halogens is 2. The summed E-state index contributed by atoms with van der Waals surface area (Å²) in [5, 5.41) is 7.25. The van der Waals surface area contributed by atoms with Gasteiger partial charge in [0.05, 0.1) is 5.69 Å². The van der Waals surface area contributed by atoms with Crippen molar-refractivity contribution in [2.45, 2.75) is 31.7 Å². The molecule has 0 amide bonds. The minimum Gasteiger partial charge on any atom is -0.380 e. The zero-order valence-electron chi connectivity index (χ0n) is 10.3. The number of hydrogen-bond acceptors (Lipinski definition) is 2. The SMILES string of the molecule is Fc1ccc(Cl)cc1NC1CC2(CCNCC2)C1. The van der Waals surface area contributed by atoms with Crippen LogP contribution in [0.15, 0.2) is 18.2 Å². The van der Waals surface area contributed by atoms with Gasteiger partial charge in [0.25, 0.3) is 0 Å². The van der Waals surface area contributed by atoms with Crippen LogP contribution in [0.25, 0.3) is 0 Å². The standard InChI is InChI=1S/C14H18ClFN2/c15-10-1-2-12(16)13(7-10)18-11-8-14(9-11)3-5-17-6-4-14/h1-2,7,11,17-18H,3-6,8-9H2. The van der Waals surface area contributed by atoms with E-state index in [0.717, 1.165) is 25.9 Å². The van der Waals surface area contributed by atoms with Crippen LogP contribution in [-0.2, 0) is 0 Å². The van der Waals surface area contributed by atoms with Gasteiger partial charge in [-0.15, -0.1) is 0 Å². The third-order valence-electron chi connectivity index (χ3n) is 4.31. The lowest BCUT2D eigenvalue weighted by Crippen LogP contribution is -2.50. The van der Waals surface area contributed by atoms with Crippen LogP contribution in [0.2, 0.25) is 5.02 Å². The first-order valence-electron chi connectivity index (χ1n) is 6.59. The van der Waals surface area contributed by atoms with Crippen molar-refractivity contribution in [3.63, 3.8) is 0 Å². The average Bonchev–Trinajstić information content (AvgIpc) is 2.33. The van der Waals surface area contributed by atoms with Crippen LogP contribution in [-0.4, -0.2) is 19.1 Å². The second-order valence-corrected chi connectivity index (χ2v) is 6.06. The van der Waals surface area contributed by atoms with E-state index in [1.807, 2.05) is 0 Å². The molecule has 0 radical (unpaired) electrons. The van der Waals surface area contributed by atoms with Crippen molar-refractivity contribution in [3.05, 3.63) is 29.0 Å². The van der Waals surface area contributed by atoms with Gasteiger partial charge < -0.3 is 10.6 Å². The minimum atomic E-state index is -0.217. The minimum absolute atomic E-state index is 0.217. The number of benzene rings is 1. The Morgan fingerprint density at radius 3 is 2.72 bits per heavy atom. The Morgan fingerprint density at radius 2 is 2.00 bits per heavy atom. The molecule has 1 aliphatic heterocycles. The molecule has 0 aromatic heterocycles. The quantitative estimate of drug-likeness (QED) is 0.859. The van der Waals surface area contributed by atoms with Crippen LogP contribution in [0.1, 0.15) is 25.7 Å². The molecule has 1 saturated heterocycles. The predicted octanol–water partition coefficient (Wildman–Crippen LogP) is 3.42. The first-order valence-corrected chi connectivity index (χ1v) is 6.97. The summed E-state index contributed by atoms with van der Waals surface area (Å²) in [5.74, 6) is -0.217. The molecule has 18 heavy (non-hydrogen) atoms. The van der Waals surface area contributed by atoms with Crippen molar-refractivity contribution >= 4 is 17.3 Å². The molecule has 2 fully saturated rings. The van der Waals surface area contributed by atoms with Gasteiger partial charge in [-0.25, -0.2) is 4.39 Å². The predicted molar refractivity (Wildman–Crippen MR) is 72.6 cm³/mol. The summed E-state index contributed by atoms with van der Waals surface area (Å²) >= 11 is 5.89. The van der Waals surface area contributed by atoms with E-state index >= 15 is 0 Å². The molecule has 1 aliphatic carbocycles. The van der Waals surface area contributed by atoms with E-state index in [2.05, 4.69) is 10.6 Å². The Balaban J connectivity index is 1.60. The van der Waals surface area contributed by atoms with Gasteiger partial charge in [-0.05, 0) is 62.4 Å². The summed E-state index contributed by atoms with van der Waals surface area (Å²) in [6, 6.07) is 5.07. The van der Waals surface area contributed by atoms with Crippen molar-refractivity contribution < 1.29 is 4.39 Å². The summed E-state index contributed by atoms with van der Waals surface area (Å²) < 4.78 is 13.6. The summed E-state index contributed by atoms with van der Waals surface area (Å²) in [5.41, 5.74) is 1.05. The fourth-order valence-electron chi connectivity index (χ4n) is 3.28. The first-order chi connectivity index (χ1) is 8.67. The summed E-state index contributed by atoms with van der Waals surface area (Å²) in [4.78, 5) is 0. The fraction of sp³-hybridized carbons (Fsp3) is 0.571. The van der Waals surface area contributed by atoms with E-state index in [1.165, 1.54) is 18.9 Å². The molecule has 1 aromatic rings. The number of piperidine rings is 1. The maximum Gasteiger partial charge on any atom is 0.146 e. The van der Waals surface area contributed by atoms with Gasteiger partial charge in [0.2, 0.25) is 0 Å². The van der Waals surface area contributed by atoms with Crippen molar-refractivity contribution in [3.8, 4) is 0 Å². The first kappa shape index (κ1) is 12.2. The monoisotopic (exact) mass is 268 g/mol. The van der Waals surface area contributed by atoms with Gasteiger partial charge in [-0.2, -0.15) is 0 Å². The normalized spacial score (nSPS) is 22.8. The van der Waals surface area contributed by atoms with Crippen LogP contribution < -0.4 is 10.6 Å². The topological polar surface area (TPSA) is 24.1 Å². The molecule has 1 heterocycles. The molecule has 0 atom stereocenters. The van der Waals surface area contributed by atoms with E-state index in [1.54, 1.807) is 12.1 Å². The molecule has 1 spiro atoms. The van der Waals surface area contributed by atoms with Crippen LogP contribution in [0.3, 0.4) is 0 Å². The van der Waals surface area contributed by atoms with Gasteiger partial charge in [0, 0.05) is 11.1 Å². The molecule has 98 valence electrons. The van der Waals surface area contributed by atoms with Crippen molar-refractivity contribution in [2.24, 2.45) is 5.41 Å². The van der Waals surface area contributed by atoms with E-state index in [9.17, 15) is 4.39 Å². The average molecular weight is 269 g/mol. The number of hydrogen-bond donors (Lipinski definition) is 2. The number of anilines is 1. The zero-order valence-corrected chi connectivity index (χ0v) is 11.1. The van der Waals surface area contributed by atoms with Gasteiger partial charge >= 0.3 is 0 Å². The maximum atomic E-state index is 13.6. The fourth-order valence-corrected chi connectivity index (χ4v) is 3.45. The molecule has 2 N–H and O–H groups in total. The number of nitrogens with one attached hydrogen (secondary N) is 2. The molecule has 3 rings (SSSR count). The molecule has 2 nitrogen and oxygen atoms in total. The molecule has 4 heteroatoms. The Labute approximate surface area is 112 Å². The molecule has 2 aliphatic rings. The Bertz CT molecular complexity index is 435. The lowest BCUT2D eigenvalue weighted by Gasteiger charge is -2.50. The smallest absolute Gasteiger partial charge is 0.146 e. The van der Waals surface area contributed by atoms with Crippen LogP contribution in [0.5, 0.6) is 0 Å². The Kier molecular flexibility index (Phi) is 3.20. The lowest BCUT2D eigenvalue weighted by molar-refractivity contribution is 0.0717. The Morgan fingerprint density at radius 1 is 1.28 bits per heavy atom. The maximum absolute atomic E-state index is 13.6. The summed E-state index contributed by atoms with van der Waals surface area (Å²) in [6.45, 7) is 2.25.